The number of hydrogen-bond donors (Lipinski definition) is 2. The molecule has 9 nitrogen and oxygen atoms in total. The van der Waals surface area contributed by atoms with Crippen molar-refractivity contribution in [3.8, 4) is 5.75 Å². The Morgan fingerprint density at radius 2 is 1.93 bits per heavy atom. The molecular weight excluding hydrogens is 398 g/mol. The summed E-state index contributed by atoms with van der Waals surface area (Å²) in [6.45, 7) is 1.41. The molecule has 1 amide bonds. The Morgan fingerprint density at radius 1 is 1.26 bits per heavy atom. The smallest absolute Gasteiger partial charge is 0.275 e. The number of ether oxygens (including phenoxy) is 1. The average molecular weight is 414 g/mol. The summed E-state index contributed by atoms with van der Waals surface area (Å²) in [5.74, 6) is -0.190. The number of methoxy groups -OCH3 is 1. The molecule has 0 aliphatic carbocycles. The van der Waals surface area contributed by atoms with E-state index in [0.29, 0.717) is 5.75 Å². The number of nitro groups is 1. The molecule has 0 aromatic heterocycles. The van der Waals surface area contributed by atoms with Gasteiger partial charge in [-0.1, -0.05) is 11.6 Å². The summed E-state index contributed by atoms with van der Waals surface area (Å²) in [7, 11) is -1.46. The second-order valence-corrected chi connectivity index (χ2v) is 7.49. The van der Waals surface area contributed by atoms with Crippen LogP contribution in [-0.2, 0) is 10.0 Å². The molecule has 0 aliphatic heterocycles. The molecule has 0 bridgehead atoms. The maximum atomic E-state index is 12.7. The van der Waals surface area contributed by atoms with Crippen molar-refractivity contribution in [3.05, 3.63) is 56.6 Å². The average Bonchev–Trinajstić information content (AvgIpc) is 2.62. The minimum absolute atomic E-state index is 0.0190. The Morgan fingerprint density at radius 3 is 2.48 bits per heavy atom. The first-order valence-corrected chi connectivity index (χ1v) is 9.34. The van der Waals surface area contributed by atoms with Crippen LogP contribution in [0.1, 0.15) is 15.9 Å². The van der Waals surface area contributed by atoms with Crippen molar-refractivity contribution in [3.63, 3.8) is 0 Å². The lowest BCUT2D eigenvalue weighted by atomic mass is 10.1. The number of carbonyl (C=O) groups is 1. The predicted molar refractivity (Wildman–Crippen MR) is 100 cm³/mol. The van der Waals surface area contributed by atoms with Crippen LogP contribution in [0.3, 0.4) is 0 Å². The van der Waals surface area contributed by atoms with Crippen LogP contribution >= 0.6 is 11.6 Å². The van der Waals surface area contributed by atoms with Crippen molar-refractivity contribution < 1.29 is 22.9 Å². The lowest BCUT2D eigenvalue weighted by Crippen LogP contribution is -2.22. The molecule has 0 fully saturated rings. The van der Waals surface area contributed by atoms with Crippen molar-refractivity contribution in [1.29, 1.82) is 0 Å². The minimum Gasteiger partial charge on any atom is -0.497 e. The number of nitrogens with one attached hydrogen (secondary N) is 2. The van der Waals surface area contributed by atoms with Crippen LogP contribution in [0, 0.1) is 17.0 Å². The first-order valence-electron chi connectivity index (χ1n) is 7.48. The SMILES string of the molecule is CNC(=O)c1cc(OC)ccc1NS(=O)(=O)c1cc(Cl)c(C)c([N+](=O)[O-])c1. The maximum absolute atomic E-state index is 12.7. The first kappa shape index (κ1) is 20.5. The Bertz CT molecular complexity index is 1020. The molecule has 144 valence electrons. The van der Waals surface area contributed by atoms with E-state index >= 15 is 0 Å². The zero-order valence-corrected chi connectivity index (χ0v) is 16.1. The first-order chi connectivity index (χ1) is 12.6. The molecule has 0 atom stereocenters. The Hall–Kier alpha value is -2.85. The van der Waals surface area contributed by atoms with Crippen LogP contribution in [0.4, 0.5) is 11.4 Å². The Balaban J connectivity index is 2.54. The van der Waals surface area contributed by atoms with E-state index in [0.717, 1.165) is 12.1 Å². The van der Waals surface area contributed by atoms with Gasteiger partial charge in [-0.2, -0.15) is 0 Å². The summed E-state index contributed by atoms with van der Waals surface area (Å²) in [5.41, 5.74) is -0.275. The largest absolute Gasteiger partial charge is 0.497 e. The highest BCUT2D eigenvalue weighted by molar-refractivity contribution is 7.92. The van der Waals surface area contributed by atoms with Crippen LogP contribution in [0.5, 0.6) is 5.75 Å². The minimum atomic E-state index is -4.25. The van der Waals surface area contributed by atoms with Crippen LogP contribution < -0.4 is 14.8 Å². The van der Waals surface area contributed by atoms with E-state index in [1.165, 1.54) is 39.3 Å². The summed E-state index contributed by atoms with van der Waals surface area (Å²) >= 11 is 5.94. The van der Waals surface area contributed by atoms with Crippen molar-refractivity contribution in [2.45, 2.75) is 11.8 Å². The summed E-state index contributed by atoms with van der Waals surface area (Å²) < 4.78 is 32.7. The quantitative estimate of drug-likeness (QED) is 0.553. The number of nitrogens with zero attached hydrogens (tertiary/aromatic N) is 1. The van der Waals surface area contributed by atoms with Gasteiger partial charge in [-0.05, 0) is 31.2 Å². The number of rotatable bonds is 6. The summed E-state index contributed by atoms with van der Waals surface area (Å²) in [5, 5.41) is 13.5. The highest BCUT2D eigenvalue weighted by Gasteiger charge is 2.24. The van der Waals surface area contributed by atoms with E-state index in [-0.39, 0.29) is 21.8 Å². The van der Waals surface area contributed by atoms with Gasteiger partial charge in [0.25, 0.3) is 21.6 Å². The predicted octanol–water partition coefficient (Wildman–Crippen LogP) is 2.73. The van der Waals surface area contributed by atoms with Gasteiger partial charge in [0.05, 0.1) is 33.2 Å². The molecular formula is C16H16ClN3O6S. The van der Waals surface area contributed by atoms with Gasteiger partial charge < -0.3 is 10.1 Å². The van der Waals surface area contributed by atoms with Gasteiger partial charge in [-0.25, -0.2) is 8.42 Å². The molecule has 27 heavy (non-hydrogen) atoms. The highest BCUT2D eigenvalue weighted by atomic mass is 35.5. The van der Waals surface area contributed by atoms with Crippen LogP contribution in [0.2, 0.25) is 5.02 Å². The molecule has 0 saturated carbocycles. The lowest BCUT2D eigenvalue weighted by Gasteiger charge is -2.14. The number of halogens is 1. The zero-order chi connectivity index (χ0) is 20.4. The van der Waals surface area contributed by atoms with Gasteiger partial charge in [0.1, 0.15) is 5.75 Å². The molecule has 0 radical (unpaired) electrons. The fourth-order valence-electron chi connectivity index (χ4n) is 2.25. The monoisotopic (exact) mass is 413 g/mol. The van der Waals surface area contributed by atoms with E-state index in [9.17, 15) is 23.3 Å². The molecule has 2 aromatic rings. The van der Waals surface area contributed by atoms with Gasteiger partial charge in [-0.15, -0.1) is 0 Å². The summed E-state index contributed by atoms with van der Waals surface area (Å²) in [6, 6.07) is 6.20. The fraction of sp³-hybridized carbons (Fsp3) is 0.188. The van der Waals surface area contributed by atoms with Gasteiger partial charge in [-0.3, -0.25) is 19.6 Å². The van der Waals surface area contributed by atoms with E-state index in [2.05, 4.69) is 10.0 Å². The van der Waals surface area contributed by atoms with Crippen LogP contribution in [0.15, 0.2) is 35.2 Å². The number of carbonyl (C=O) groups excluding carboxylic acids is 1. The molecule has 0 spiro atoms. The van der Waals surface area contributed by atoms with E-state index in [1.54, 1.807) is 0 Å². The van der Waals surface area contributed by atoms with Crippen molar-refractivity contribution in [2.24, 2.45) is 0 Å². The van der Waals surface area contributed by atoms with E-state index < -0.39 is 31.4 Å². The number of anilines is 1. The number of hydrogen-bond acceptors (Lipinski definition) is 6. The molecule has 0 unspecified atom stereocenters. The third-order valence-corrected chi connectivity index (χ3v) is 5.48. The summed E-state index contributed by atoms with van der Waals surface area (Å²) in [6.07, 6.45) is 0. The van der Waals surface area contributed by atoms with Gasteiger partial charge in [0.15, 0.2) is 0 Å². The van der Waals surface area contributed by atoms with Gasteiger partial charge in [0, 0.05) is 18.7 Å². The standard InChI is InChI=1S/C16H16ClN3O6S/c1-9-13(17)7-11(8-15(9)20(22)23)27(24,25)19-14-5-4-10(26-3)6-12(14)16(21)18-2/h4-8,19H,1-3H3,(H,18,21). The van der Waals surface area contributed by atoms with Crippen molar-refractivity contribution in [1.82, 2.24) is 5.32 Å². The number of sulfonamides is 1. The third kappa shape index (κ3) is 4.29. The maximum Gasteiger partial charge on any atom is 0.275 e. The molecule has 2 aromatic carbocycles. The number of amides is 1. The second-order valence-electron chi connectivity index (χ2n) is 5.40. The van der Waals surface area contributed by atoms with Crippen LogP contribution in [0.25, 0.3) is 0 Å². The Labute approximate surface area is 160 Å². The van der Waals surface area contributed by atoms with Gasteiger partial charge >= 0.3 is 0 Å². The highest BCUT2D eigenvalue weighted by Crippen LogP contribution is 2.31. The topological polar surface area (TPSA) is 128 Å². The van der Waals surface area contributed by atoms with Crippen LogP contribution in [-0.4, -0.2) is 33.4 Å². The zero-order valence-electron chi connectivity index (χ0n) is 14.6. The van der Waals surface area contributed by atoms with Crippen molar-refractivity contribution >= 4 is 38.9 Å². The molecule has 0 aliphatic rings. The molecule has 2 rings (SSSR count). The second kappa shape index (κ2) is 7.80. The Kier molecular flexibility index (Phi) is 5.91. The normalized spacial score (nSPS) is 11.0. The third-order valence-electron chi connectivity index (χ3n) is 3.74. The number of nitro benzene ring substituents is 1. The number of benzene rings is 2. The van der Waals surface area contributed by atoms with Crippen molar-refractivity contribution in [2.75, 3.05) is 18.9 Å². The molecule has 0 saturated heterocycles. The van der Waals surface area contributed by atoms with E-state index in [1.807, 2.05) is 0 Å². The molecule has 2 N–H and O–H groups in total. The lowest BCUT2D eigenvalue weighted by molar-refractivity contribution is -0.385. The fourth-order valence-corrected chi connectivity index (χ4v) is 3.65. The molecule has 0 heterocycles. The van der Waals surface area contributed by atoms with Gasteiger partial charge in [0.2, 0.25) is 0 Å². The molecule has 11 heteroatoms. The summed E-state index contributed by atoms with van der Waals surface area (Å²) in [4.78, 5) is 22.1. The van der Waals surface area contributed by atoms with E-state index in [4.69, 9.17) is 16.3 Å².